The van der Waals surface area contributed by atoms with Crippen molar-refractivity contribution < 1.29 is 13.2 Å². The highest BCUT2D eigenvalue weighted by atomic mass is 35.5. The van der Waals surface area contributed by atoms with Gasteiger partial charge in [-0.25, -0.2) is 8.42 Å². The molecule has 1 aromatic carbocycles. The topological polar surface area (TPSA) is 69.7 Å². The Bertz CT molecular complexity index is 683. The van der Waals surface area contributed by atoms with Gasteiger partial charge in [0.25, 0.3) is 0 Å². The number of benzene rings is 1. The number of amides is 1. The number of halogens is 2. The lowest BCUT2D eigenvalue weighted by Crippen LogP contribution is -2.51. The molecule has 1 N–H and O–H groups in total. The molecular formula is C16H23Cl2N3O3S. The van der Waals surface area contributed by atoms with Gasteiger partial charge in [0.05, 0.1) is 4.90 Å². The fraction of sp³-hybridized carbons (Fsp3) is 0.562. The summed E-state index contributed by atoms with van der Waals surface area (Å²) in [6.07, 6.45) is 2.66. The van der Waals surface area contributed by atoms with Gasteiger partial charge >= 0.3 is 0 Å². The molecule has 2 aliphatic heterocycles. The van der Waals surface area contributed by atoms with E-state index < -0.39 is 10.0 Å². The van der Waals surface area contributed by atoms with Gasteiger partial charge < -0.3 is 10.2 Å². The Balaban J connectivity index is 0.00000225. The fourth-order valence-electron chi connectivity index (χ4n) is 3.20. The smallest absolute Gasteiger partial charge is 0.243 e. The zero-order chi connectivity index (χ0) is 17.2. The van der Waals surface area contributed by atoms with Crippen LogP contribution in [0.4, 0.5) is 0 Å². The molecule has 2 fully saturated rings. The van der Waals surface area contributed by atoms with Gasteiger partial charge in [0.2, 0.25) is 15.9 Å². The first kappa shape index (κ1) is 20.5. The minimum Gasteiger partial charge on any atom is -0.340 e. The first-order valence-corrected chi connectivity index (χ1v) is 10.1. The average Bonchev–Trinajstić information content (AvgIpc) is 3.08. The van der Waals surface area contributed by atoms with Crippen LogP contribution in [0.5, 0.6) is 0 Å². The number of sulfonamides is 1. The van der Waals surface area contributed by atoms with Gasteiger partial charge in [0.1, 0.15) is 0 Å². The molecule has 25 heavy (non-hydrogen) atoms. The van der Waals surface area contributed by atoms with Crippen LogP contribution in [0.15, 0.2) is 29.2 Å². The van der Waals surface area contributed by atoms with Crippen LogP contribution in [0.25, 0.3) is 0 Å². The van der Waals surface area contributed by atoms with Crippen molar-refractivity contribution in [3.63, 3.8) is 0 Å². The molecule has 0 spiro atoms. The monoisotopic (exact) mass is 407 g/mol. The molecular weight excluding hydrogens is 385 g/mol. The molecule has 0 radical (unpaired) electrons. The number of carbonyl (C=O) groups is 1. The van der Waals surface area contributed by atoms with E-state index in [4.69, 9.17) is 11.6 Å². The Labute approximate surface area is 160 Å². The van der Waals surface area contributed by atoms with Gasteiger partial charge in [-0.15, -0.1) is 12.4 Å². The van der Waals surface area contributed by atoms with Crippen LogP contribution in [0.3, 0.4) is 0 Å². The van der Waals surface area contributed by atoms with E-state index in [-0.39, 0.29) is 29.3 Å². The Hall–Kier alpha value is -0.860. The number of carbonyl (C=O) groups excluding carboxylic acids is 1. The van der Waals surface area contributed by atoms with Crippen LogP contribution in [0.2, 0.25) is 5.02 Å². The minimum atomic E-state index is -3.53. The third kappa shape index (κ3) is 4.86. The van der Waals surface area contributed by atoms with Crippen molar-refractivity contribution in [2.24, 2.45) is 0 Å². The summed E-state index contributed by atoms with van der Waals surface area (Å²) in [7, 11) is -3.53. The van der Waals surface area contributed by atoms with Crippen molar-refractivity contribution in [1.82, 2.24) is 14.5 Å². The Kier molecular flexibility index (Phi) is 7.10. The van der Waals surface area contributed by atoms with Crippen LogP contribution in [-0.2, 0) is 14.8 Å². The molecule has 9 heteroatoms. The molecule has 140 valence electrons. The standard InChI is InChI=1S/C16H22ClN3O3S.ClH/c17-13-3-5-15(6-4-13)24(22,23)20-10-8-19(9-11-20)16(21)12-14-2-1-7-18-14;/h3-6,14,18H,1-2,7-12H2;1H. The van der Waals surface area contributed by atoms with Gasteiger partial charge in [0.15, 0.2) is 0 Å². The normalized spacial score (nSPS) is 21.8. The summed E-state index contributed by atoms with van der Waals surface area (Å²) < 4.78 is 26.7. The summed E-state index contributed by atoms with van der Waals surface area (Å²) in [5.41, 5.74) is 0. The maximum absolute atomic E-state index is 12.6. The van der Waals surface area contributed by atoms with Crippen molar-refractivity contribution in [2.45, 2.75) is 30.2 Å². The second kappa shape index (κ2) is 8.68. The molecule has 1 unspecified atom stereocenters. The predicted molar refractivity (Wildman–Crippen MR) is 99.7 cm³/mol. The lowest BCUT2D eigenvalue weighted by atomic mass is 10.1. The minimum absolute atomic E-state index is 0. The summed E-state index contributed by atoms with van der Waals surface area (Å²) >= 11 is 5.81. The summed E-state index contributed by atoms with van der Waals surface area (Å²) in [6, 6.07) is 6.45. The number of hydrogen-bond donors (Lipinski definition) is 1. The summed E-state index contributed by atoms with van der Waals surface area (Å²) in [5, 5.41) is 3.83. The van der Waals surface area contributed by atoms with Crippen LogP contribution in [0, 0.1) is 0 Å². The molecule has 1 aromatic rings. The Morgan fingerprint density at radius 2 is 1.80 bits per heavy atom. The molecule has 3 rings (SSSR count). The summed E-state index contributed by atoms with van der Waals surface area (Å²) in [4.78, 5) is 14.3. The van der Waals surface area contributed by atoms with E-state index >= 15 is 0 Å². The predicted octanol–water partition coefficient (Wildman–Crippen LogP) is 1.74. The molecule has 6 nitrogen and oxygen atoms in total. The number of nitrogens with zero attached hydrogens (tertiary/aromatic N) is 2. The second-order valence-corrected chi connectivity index (χ2v) is 8.61. The van der Waals surface area contributed by atoms with Crippen LogP contribution in [-0.4, -0.2) is 62.3 Å². The Morgan fingerprint density at radius 1 is 1.16 bits per heavy atom. The number of nitrogens with one attached hydrogen (secondary N) is 1. The van der Waals surface area contributed by atoms with Crippen molar-refractivity contribution in [1.29, 1.82) is 0 Å². The maximum Gasteiger partial charge on any atom is 0.243 e. The average molecular weight is 408 g/mol. The van der Waals surface area contributed by atoms with Gasteiger partial charge in [-0.05, 0) is 43.7 Å². The van der Waals surface area contributed by atoms with Crippen molar-refractivity contribution >= 4 is 39.9 Å². The summed E-state index contributed by atoms with van der Waals surface area (Å²) in [5.74, 6) is 0.109. The molecule has 2 aliphatic rings. The van der Waals surface area contributed by atoms with Gasteiger partial charge in [-0.2, -0.15) is 4.31 Å². The first-order valence-electron chi connectivity index (χ1n) is 8.24. The van der Waals surface area contributed by atoms with Crippen molar-refractivity contribution in [3.8, 4) is 0 Å². The molecule has 0 aliphatic carbocycles. The SMILES string of the molecule is Cl.O=C(CC1CCCN1)N1CCN(S(=O)(=O)c2ccc(Cl)cc2)CC1. The maximum atomic E-state index is 12.6. The van der Waals surface area contributed by atoms with Crippen molar-refractivity contribution in [3.05, 3.63) is 29.3 Å². The fourth-order valence-corrected chi connectivity index (χ4v) is 4.75. The van der Waals surface area contributed by atoms with Gasteiger partial charge in [-0.1, -0.05) is 11.6 Å². The number of rotatable bonds is 4. The van der Waals surface area contributed by atoms with E-state index in [1.54, 1.807) is 17.0 Å². The van der Waals surface area contributed by atoms with E-state index in [0.717, 1.165) is 19.4 Å². The second-order valence-electron chi connectivity index (χ2n) is 6.24. The summed E-state index contributed by atoms with van der Waals surface area (Å²) in [6.45, 7) is 2.52. The number of piperazine rings is 1. The van der Waals surface area contributed by atoms with Crippen LogP contribution >= 0.6 is 24.0 Å². The quantitative estimate of drug-likeness (QED) is 0.824. The Morgan fingerprint density at radius 3 is 2.36 bits per heavy atom. The molecule has 0 saturated carbocycles. The lowest BCUT2D eigenvalue weighted by Gasteiger charge is -2.34. The molecule has 0 aromatic heterocycles. The zero-order valence-corrected chi connectivity index (χ0v) is 16.2. The van der Waals surface area contributed by atoms with E-state index in [1.165, 1.54) is 16.4 Å². The molecule has 2 heterocycles. The molecule has 0 bridgehead atoms. The van der Waals surface area contributed by atoms with E-state index in [0.29, 0.717) is 37.6 Å². The molecule has 1 amide bonds. The highest BCUT2D eigenvalue weighted by molar-refractivity contribution is 7.89. The largest absolute Gasteiger partial charge is 0.340 e. The highest BCUT2D eigenvalue weighted by Crippen LogP contribution is 2.20. The molecule has 2 saturated heterocycles. The van der Waals surface area contributed by atoms with E-state index in [1.807, 2.05) is 0 Å². The third-order valence-corrected chi connectivity index (χ3v) is 6.79. The van der Waals surface area contributed by atoms with E-state index in [2.05, 4.69) is 5.32 Å². The molecule has 1 atom stereocenters. The van der Waals surface area contributed by atoms with Crippen LogP contribution in [0.1, 0.15) is 19.3 Å². The van der Waals surface area contributed by atoms with Gasteiger partial charge in [-0.3, -0.25) is 4.79 Å². The zero-order valence-electron chi connectivity index (χ0n) is 13.9. The first-order chi connectivity index (χ1) is 11.5. The van der Waals surface area contributed by atoms with Gasteiger partial charge in [0, 0.05) is 43.7 Å². The van der Waals surface area contributed by atoms with Crippen molar-refractivity contribution in [2.75, 3.05) is 32.7 Å². The third-order valence-electron chi connectivity index (χ3n) is 4.63. The lowest BCUT2D eigenvalue weighted by molar-refractivity contribution is -0.132. The highest BCUT2D eigenvalue weighted by Gasteiger charge is 2.31. The van der Waals surface area contributed by atoms with E-state index in [9.17, 15) is 13.2 Å². The number of hydrogen-bond acceptors (Lipinski definition) is 4. The van der Waals surface area contributed by atoms with Crippen LogP contribution < -0.4 is 5.32 Å².